The molecule has 0 amide bonds. The quantitative estimate of drug-likeness (QED) is 0.520. The molecule has 14 heavy (non-hydrogen) atoms. The van der Waals surface area contributed by atoms with Gasteiger partial charge in [-0.15, -0.1) is 0 Å². The lowest BCUT2D eigenvalue weighted by Crippen LogP contribution is -2.18. The molecule has 0 aromatic carbocycles. The van der Waals surface area contributed by atoms with E-state index in [0.29, 0.717) is 0 Å². The van der Waals surface area contributed by atoms with Crippen LogP contribution in [0.15, 0.2) is 0 Å². The third kappa shape index (κ3) is 11.9. The van der Waals surface area contributed by atoms with Gasteiger partial charge in [0.1, 0.15) is 0 Å². The van der Waals surface area contributed by atoms with Gasteiger partial charge in [0.2, 0.25) is 0 Å². The Balaban J connectivity index is 2.78. The first-order valence-electron chi connectivity index (χ1n) is 5.69. The Morgan fingerprint density at radius 1 is 0.929 bits per heavy atom. The van der Waals surface area contributed by atoms with Crippen LogP contribution in [0.25, 0.3) is 0 Å². The van der Waals surface area contributed by atoms with Crippen molar-refractivity contribution in [2.75, 3.05) is 40.0 Å². The fourth-order valence-electron chi connectivity index (χ4n) is 1.17. The first-order valence-corrected chi connectivity index (χ1v) is 5.69. The van der Waals surface area contributed by atoms with Gasteiger partial charge in [-0.05, 0) is 38.8 Å². The van der Waals surface area contributed by atoms with Crippen molar-refractivity contribution in [2.45, 2.75) is 32.6 Å². The molecule has 0 saturated carbocycles. The number of nitrogens with one attached hydrogen (secondary N) is 1. The third-order valence-electron chi connectivity index (χ3n) is 1.94. The Bertz CT molecular complexity index is 87.3. The SMILES string of the molecule is CCCOCCCNCCCCOC. The number of hydrogen-bond acceptors (Lipinski definition) is 3. The summed E-state index contributed by atoms with van der Waals surface area (Å²) in [6.07, 6.45) is 4.58. The van der Waals surface area contributed by atoms with Crippen LogP contribution in [0.1, 0.15) is 32.6 Å². The van der Waals surface area contributed by atoms with Gasteiger partial charge < -0.3 is 14.8 Å². The first-order chi connectivity index (χ1) is 6.91. The van der Waals surface area contributed by atoms with Gasteiger partial charge in [-0.2, -0.15) is 0 Å². The zero-order valence-electron chi connectivity index (χ0n) is 9.68. The summed E-state index contributed by atoms with van der Waals surface area (Å²) in [5.41, 5.74) is 0. The molecule has 3 heteroatoms. The second-order valence-corrected chi connectivity index (χ2v) is 3.42. The second kappa shape index (κ2) is 12.9. The summed E-state index contributed by atoms with van der Waals surface area (Å²) < 4.78 is 10.3. The molecule has 3 nitrogen and oxygen atoms in total. The maximum Gasteiger partial charge on any atom is 0.0478 e. The van der Waals surface area contributed by atoms with Crippen molar-refractivity contribution in [2.24, 2.45) is 0 Å². The molecule has 0 aliphatic rings. The Morgan fingerprint density at radius 3 is 2.43 bits per heavy atom. The van der Waals surface area contributed by atoms with Crippen molar-refractivity contribution >= 4 is 0 Å². The molecule has 1 N–H and O–H groups in total. The van der Waals surface area contributed by atoms with Crippen LogP contribution < -0.4 is 5.32 Å². The second-order valence-electron chi connectivity index (χ2n) is 3.42. The molecular weight excluding hydrogens is 178 g/mol. The number of ether oxygens (including phenoxy) is 2. The van der Waals surface area contributed by atoms with E-state index in [1.165, 1.54) is 6.42 Å². The van der Waals surface area contributed by atoms with E-state index in [9.17, 15) is 0 Å². The van der Waals surface area contributed by atoms with Gasteiger partial charge in [0.15, 0.2) is 0 Å². The van der Waals surface area contributed by atoms with Crippen LogP contribution in [-0.2, 0) is 9.47 Å². The summed E-state index contributed by atoms with van der Waals surface area (Å²) in [4.78, 5) is 0. The third-order valence-corrected chi connectivity index (χ3v) is 1.94. The number of methoxy groups -OCH3 is 1. The van der Waals surface area contributed by atoms with Crippen molar-refractivity contribution in [3.05, 3.63) is 0 Å². The van der Waals surface area contributed by atoms with Gasteiger partial charge in [0.25, 0.3) is 0 Å². The maximum absolute atomic E-state index is 5.37. The molecule has 0 aliphatic heterocycles. The van der Waals surface area contributed by atoms with Gasteiger partial charge in [-0.25, -0.2) is 0 Å². The maximum atomic E-state index is 5.37. The van der Waals surface area contributed by atoms with Crippen LogP contribution in [0.3, 0.4) is 0 Å². The van der Waals surface area contributed by atoms with Gasteiger partial charge >= 0.3 is 0 Å². The first kappa shape index (κ1) is 13.9. The van der Waals surface area contributed by atoms with Crippen molar-refractivity contribution in [3.63, 3.8) is 0 Å². The average molecular weight is 203 g/mol. The van der Waals surface area contributed by atoms with Gasteiger partial charge in [0.05, 0.1) is 0 Å². The molecule has 0 atom stereocenters. The zero-order chi connectivity index (χ0) is 10.5. The topological polar surface area (TPSA) is 30.5 Å². The van der Waals surface area contributed by atoms with Crippen molar-refractivity contribution in [3.8, 4) is 0 Å². The van der Waals surface area contributed by atoms with Crippen molar-refractivity contribution in [1.29, 1.82) is 0 Å². The Kier molecular flexibility index (Phi) is 12.8. The van der Waals surface area contributed by atoms with Crippen LogP contribution in [-0.4, -0.2) is 40.0 Å². The highest BCUT2D eigenvalue weighted by Crippen LogP contribution is 1.88. The van der Waals surface area contributed by atoms with Crippen molar-refractivity contribution < 1.29 is 9.47 Å². The largest absolute Gasteiger partial charge is 0.385 e. The molecule has 0 spiro atoms. The molecule has 0 radical (unpaired) electrons. The van der Waals surface area contributed by atoms with E-state index in [2.05, 4.69) is 12.2 Å². The number of hydrogen-bond donors (Lipinski definition) is 1. The van der Waals surface area contributed by atoms with Crippen LogP contribution in [0.5, 0.6) is 0 Å². The van der Waals surface area contributed by atoms with E-state index in [4.69, 9.17) is 9.47 Å². The predicted octanol–water partition coefficient (Wildman–Crippen LogP) is 1.82. The van der Waals surface area contributed by atoms with E-state index in [0.717, 1.165) is 52.2 Å². The summed E-state index contributed by atoms with van der Waals surface area (Å²) in [6.45, 7) is 6.95. The molecule has 0 bridgehead atoms. The average Bonchev–Trinajstić information content (AvgIpc) is 2.21. The smallest absolute Gasteiger partial charge is 0.0478 e. The summed E-state index contributed by atoms with van der Waals surface area (Å²) in [6, 6.07) is 0. The number of rotatable bonds is 11. The minimum Gasteiger partial charge on any atom is -0.385 e. The minimum atomic E-state index is 0.876. The lowest BCUT2D eigenvalue weighted by Gasteiger charge is -2.04. The van der Waals surface area contributed by atoms with Gasteiger partial charge in [-0.1, -0.05) is 6.92 Å². The summed E-state index contributed by atoms with van der Waals surface area (Å²) in [5, 5.41) is 3.39. The monoisotopic (exact) mass is 203 g/mol. The molecule has 0 unspecified atom stereocenters. The van der Waals surface area contributed by atoms with Crippen LogP contribution >= 0.6 is 0 Å². The predicted molar refractivity (Wildman–Crippen MR) is 59.7 cm³/mol. The molecule has 0 rings (SSSR count). The molecule has 0 aliphatic carbocycles. The Labute approximate surface area is 88.2 Å². The van der Waals surface area contributed by atoms with E-state index in [-0.39, 0.29) is 0 Å². The number of unbranched alkanes of at least 4 members (excludes halogenated alkanes) is 1. The van der Waals surface area contributed by atoms with E-state index < -0.39 is 0 Å². The Hall–Kier alpha value is -0.120. The molecule has 0 heterocycles. The Morgan fingerprint density at radius 2 is 1.71 bits per heavy atom. The lowest BCUT2D eigenvalue weighted by atomic mass is 10.3. The minimum absolute atomic E-state index is 0.876. The van der Waals surface area contributed by atoms with Crippen LogP contribution in [0.4, 0.5) is 0 Å². The standard InChI is InChI=1S/C11H25NO2/c1-3-9-14-11-6-8-12-7-4-5-10-13-2/h12H,3-11H2,1-2H3. The molecule has 0 aromatic heterocycles. The van der Waals surface area contributed by atoms with Gasteiger partial charge in [0, 0.05) is 26.9 Å². The zero-order valence-corrected chi connectivity index (χ0v) is 9.68. The highest BCUT2D eigenvalue weighted by molar-refractivity contribution is 4.48. The summed E-state index contributed by atoms with van der Waals surface area (Å²) >= 11 is 0. The fraction of sp³-hybridized carbons (Fsp3) is 1.00. The summed E-state index contributed by atoms with van der Waals surface area (Å²) in [5.74, 6) is 0. The molecule has 0 saturated heterocycles. The van der Waals surface area contributed by atoms with E-state index >= 15 is 0 Å². The summed E-state index contributed by atoms with van der Waals surface area (Å²) in [7, 11) is 1.75. The van der Waals surface area contributed by atoms with Crippen LogP contribution in [0.2, 0.25) is 0 Å². The highest BCUT2D eigenvalue weighted by atomic mass is 16.5. The highest BCUT2D eigenvalue weighted by Gasteiger charge is 1.90. The van der Waals surface area contributed by atoms with E-state index in [1.807, 2.05) is 0 Å². The van der Waals surface area contributed by atoms with Gasteiger partial charge in [-0.3, -0.25) is 0 Å². The molecule has 86 valence electrons. The fourth-order valence-corrected chi connectivity index (χ4v) is 1.17. The van der Waals surface area contributed by atoms with E-state index in [1.54, 1.807) is 7.11 Å². The molecule has 0 aromatic rings. The van der Waals surface area contributed by atoms with Crippen LogP contribution in [0, 0.1) is 0 Å². The molecule has 0 fully saturated rings. The van der Waals surface area contributed by atoms with Crippen molar-refractivity contribution in [1.82, 2.24) is 5.32 Å². The lowest BCUT2D eigenvalue weighted by molar-refractivity contribution is 0.132. The molecular formula is C11H25NO2. The normalized spacial score (nSPS) is 10.7.